The van der Waals surface area contributed by atoms with Gasteiger partial charge in [0.25, 0.3) is 0 Å². The van der Waals surface area contributed by atoms with Gasteiger partial charge in [-0.25, -0.2) is 8.78 Å². The zero-order valence-corrected chi connectivity index (χ0v) is 18.6. The van der Waals surface area contributed by atoms with E-state index in [1.165, 1.54) is 12.1 Å². The second-order valence-corrected chi connectivity index (χ2v) is 7.87. The van der Waals surface area contributed by atoms with Crippen molar-refractivity contribution < 1.29 is 13.9 Å². The minimum Gasteiger partial charge on any atom is -0.387 e. The first-order chi connectivity index (χ1) is 12.5. The Kier molecular flexibility index (Phi) is 8.41. The topological polar surface area (TPSA) is 51.1 Å². The van der Waals surface area contributed by atoms with Crippen LogP contribution >= 0.6 is 35.7 Å². The average molecular weight is 512 g/mol. The zero-order chi connectivity index (χ0) is 18.6. The van der Waals surface area contributed by atoms with Gasteiger partial charge < -0.3 is 20.2 Å². The second kappa shape index (κ2) is 10.1. The highest BCUT2D eigenvalue weighted by molar-refractivity contribution is 14.0. The summed E-state index contributed by atoms with van der Waals surface area (Å²) in [5.74, 6) is 1.64. The molecule has 0 amide bonds. The van der Waals surface area contributed by atoms with E-state index in [4.69, 9.17) is 0 Å². The standard InChI is InChI=1S/C18H26F2N4OS.HI/c1-2-21-17(22-12-18(25)5-10-26-13-18)24-8-6-23(7-9-24)16-11-14(19)3-4-15(16)20;/h3-4,11,25H,2,5-10,12-13H2,1H3,(H,21,22);1H. The minimum atomic E-state index is -0.710. The Labute approximate surface area is 180 Å². The Balaban J connectivity index is 0.00000261. The van der Waals surface area contributed by atoms with Crippen molar-refractivity contribution in [3.05, 3.63) is 29.8 Å². The van der Waals surface area contributed by atoms with Gasteiger partial charge in [-0.15, -0.1) is 24.0 Å². The summed E-state index contributed by atoms with van der Waals surface area (Å²) in [6.07, 6.45) is 0.771. The molecule has 0 aliphatic carbocycles. The van der Waals surface area contributed by atoms with E-state index >= 15 is 0 Å². The number of hydrogen-bond acceptors (Lipinski definition) is 4. The lowest BCUT2D eigenvalue weighted by atomic mass is 10.0. The number of aliphatic imine (C=N–C) groups is 1. The number of guanidine groups is 1. The van der Waals surface area contributed by atoms with Crippen molar-refractivity contribution in [3.8, 4) is 0 Å². The van der Waals surface area contributed by atoms with Crippen molar-refractivity contribution in [2.45, 2.75) is 18.9 Å². The molecule has 0 radical (unpaired) electrons. The van der Waals surface area contributed by atoms with Gasteiger partial charge in [0.15, 0.2) is 5.96 Å². The highest BCUT2D eigenvalue weighted by Gasteiger charge is 2.32. The fraction of sp³-hybridized carbons (Fsp3) is 0.611. The van der Waals surface area contributed by atoms with Gasteiger partial charge in [-0.1, -0.05) is 0 Å². The third kappa shape index (κ3) is 5.83. The first-order valence-electron chi connectivity index (χ1n) is 9.04. The van der Waals surface area contributed by atoms with Crippen LogP contribution in [-0.2, 0) is 0 Å². The highest BCUT2D eigenvalue weighted by atomic mass is 127. The lowest BCUT2D eigenvalue weighted by Gasteiger charge is -2.38. The first kappa shape index (κ1) is 22.5. The van der Waals surface area contributed by atoms with Gasteiger partial charge in [0.2, 0.25) is 0 Å². The second-order valence-electron chi connectivity index (χ2n) is 6.77. The lowest BCUT2D eigenvalue weighted by Crippen LogP contribution is -2.53. The maximum absolute atomic E-state index is 14.0. The molecule has 2 N–H and O–H groups in total. The number of nitrogens with zero attached hydrogens (tertiary/aromatic N) is 3. The van der Waals surface area contributed by atoms with Gasteiger partial charge in [0.1, 0.15) is 11.6 Å². The molecule has 2 heterocycles. The van der Waals surface area contributed by atoms with E-state index in [1.807, 2.05) is 11.8 Å². The molecule has 5 nitrogen and oxygen atoms in total. The van der Waals surface area contributed by atoms with Crippen LogP contribution in [0, 0.1) is 11.6 Å². The van der Waals surface area contributed by atoms with Gasteiger partial charge >= 0.3 is 0 Å². The van der Waals surface area contributed by atoms with Crippen LogP contribution in [0.15, 0.2) is 23.2 Å². The largest absolute Gasteiger partial charge is 0.387 e. The summed E-state index contributed by atoms with van der Waals surface area (Å²) in [4.78, 5) is 8.61. The van der Waals surface area contributed by atoms with Crippen molar-refractivity contribution in [1.29, 1.82) is 0 Å². The molecule has 1 unspecified atom stereocenters. The van der Waals surface area contributed by atoms with E-state index in [0.717, 1.165) is 36.5 Å². The number of benzene rings is 1. The van der Waals surface area contributed by atoms with Crippen LogP contribution in [0.5, 0.6) is 0 Å². The van der Waals surface area contributed by atoms with E-state index in [1.54, 1.807) is 11.8 Å². The number of thioether (sulfide) groups is 1. The summed E-state index contributed by atoms with van der Waals surface area (Å²) in [5, 5.41) is 13.8. The van der Waals surface area contributed by atoms with Crippen LogP contribution < -0.4 is 10.2 Å². The molecule has 2 aliphatic heterocycles. The molecule has 2 fully saturated rings. The van der Waals surface area contributed by atoms with Crippen molar-refractivity contribution in [1.82, 2.24) is 10.2 Å². The number of nitrogens with one attached hydrogen (secondary N) is 1. The Morgan fingerprint density at radius 3 is 2.67 bits per heavy atom. The molecule has 1 aromatic rings. The molecular weight excluding hydrogens is 485 g/mol. The van der Waals surface area contributed by atoms with Gasteiger partial charge in [0, 0.05) is 44.5 Å². The quantitative estimate of drug-likeness (QED) is 0.369. The smallest absolute Gasteiger partial charge is 0.194 e. The Morgan fingerprint density at radius 2 is 2.04 bits per heavy atom. The first-order valence-corrected chi connectivity index (χ1v) is 10.2. The zero-order valence-electron chi connectivity index (χ0n) is 15.5. The molecule has 3 rings (SSSR count). The van der Waals surface area contributed by atoms with Gasteiger partial charge in [-0.2, -0.15) is 11.8 Å². The number of piperazine rings is 1. The molecule has 9 heteroatoms. The van der Waals surface area contributed by atoms with Crippen LogP contribution in [0.3, 0.4) is 0 Å². The summed E-state index contributed by atoms with van der Waals surface area (Å²) in [7, 11) is 0. The summed E-state index contributed by atoms with van der Waals surface area (Å²) in [6, 6.07) is 3.55. The molecule has 27 heavy (non-hydrogen) atoms. The highest BCUT2D eigenvalue weighted by Crippen LogP contribution is 2.28. The maximum atomic E-state index is 14.0. The van der Waals surface area contributed by atoms with E-state index in [9.17, 15) is 13.9 Å². The fourth-order valence-corrected chi connectivity index (χ4v) is 4.54. The molecule has 1 aromatic carbocycles. The summed E-state index contributed by atoms with van der Waals surface area (Å²) < 4.78 is 27.4. The minimum absolute atomic E-state index is 0. The molecule has 2 saturated heterocycles. The van der Waals surface area contributed by atoms with Crippen molar-refractivity contribution in [2.24, 2.45) is 4.99 Å². The number of rotatable bonds is 4. The number of halogens is 3. The molecule has 152 valence electrons. The van der Waals surface area contributed by atoms with Gasteiger partial charge in [0.05, 0.1) is 17.8 Å². The summed E-state index contributed by atoms with van der Waals surface area (Å²) in [6.45, 7) is 5.64. The molecule has 0 saturated carbocycles. The van der Waals surface area contributed by atoms with E-state index in [-0.39, 0.29) is 24.0 Å². The van der Waals surface area contributed by atoms with Crippen molar-refractivity contribution >= 4 is 47.4 Å². The molecule has 0 aromatic heterocycles. The Bertz CT molecular complexity index is 650. The Hall–Kier alpha value is -0.810. The van der Waals surface area contributed by atoms with Crippen LogP contribution in [0.1, 0.15) is 13.3 Å². The van der Waals surface area contributed by atoms with E-state index < -0.39 is 17.2 Å². The van der Waals surface area contributed by atoms with Gasteiger partial charge in [-0.3, -0.25) is 4.99 Å². The molecule has 2 aliphatic rings. The van der Waals surface area contributed by atoms with Crippen LogP contribution in [-0.4, -0.2) is 72.3 Å². The number of aliphatic hydroxyl groups is 1. The maximum Gasteiger partial charge on any atom is 0.194 e. The summed E-state index contributed by atoms with van der Waals surface area (Å²) >= 11 is 1.76. The monoisotopic (exact) mass is 512 g/mol. The van der Waals surface area contributed by atoms with Crippen LogP contribution in [0.4, 0.5) is 14.5 Å². The molecule has 1 atom stereocenters. The fourth-order valence-electron chi connectivity index (χ4n) is 3.26. The summed E-state index contributed by atoms with van der Waals surface area (Å²) in [5.41, 5.74) is -0.401. The van der Waals surface area contributed by atoms with E-state index in [0.29, 0.717) is 38.4 Å². The van der Waals surface area contributed by atoms with Crippen molar-refractivity contribution in [3.63, 3.8) is 0 Å². The van der Waals surface area contributed by atoms with Gasteiger partial charge in [-0.05, 0) is 31.2 Å². The third-order valence-corrected chi connectivity index (χ3v) is 6.00. The predicted octanol–water partition coefficient (Wildman–Crippen LogP) is 2.54. The van der Waals surface area contributed by atoms with Crippen LogP contribution in [0.2, 0.25) is 0 Å². The molecular formula is C18H27F2IN4OS. The van der Waals surface area contributed by atoms with Crippen molar-refractivity contribution in [2.75, 3.05) is 55.7 Å². The normalized spacial score (nSPS) is 23.3. The molecule has 0 bridgehead atoms. The molecule has 0 spiro atoms. The van der Waals surface area contributed by atoms with E-state index in [2.05, 4.69) is 15.2 Å². The number of anilines is 1. The average Bonchev–Trinajstić information content (AvgIpc) is 3.08. The van der Waals surface area contributed by atoms with Crippen LogP contribution in [0.25, 0.3) is 0 Å². The number of hydrogen-bond donors (Lipinski definition) is 2. The predicted molar refractivity (Wildman–Crippen MR) is 118 cm³/mol. The SMILES string of the molecule is CCNC(=NCC1(O)CCSC1)N1CCN(c2cc(F)ccc2F)CC1.I. The third-order valence-electron chi connectivity index (χ3n) is 4.77. The lowest BCUT2D eigenvalue weighted by molar-refractivity contribution is 0.0775. The Morgan fingerprint density at radius 1 is 1.30 bits per heavy atom.